The normalized spacial score (nSPS) is 11.2. The summed E-state index contributed by atoms with van der Waals surface area (Å²) >= 11 is 0. The molecule has 1 aromatic heterocycles. The van der Waals surface area contributed by atoms with Crippen molar-refractivity contribution in [3.63, 3.8) is 0 Å². The number of pyridine rings is 1. The summed E-state index contributed by atoms with van der Waals surface area (Å²) in [5.41, 5.74) is 3.09. The van der Waals surface area contributed by atoms with Crippen molar-refractivity contribution in [2.24, 2.45) is 4.99 Å². The average molecular weight is 284 g/mol. The number of para-hydroxylation sites is 1. The van der Waals surface area contributed by atoms with Crippen molar-refractivity contribution < 1.29 is 4.43 Å². The molecule has 1 aromatic carbocycles. The second-order valence-corrected chi connectivity index (χ2v) is 7.26. The lowest BCUT2D eigenvalue weighted by atomic mass is 10.2. The molecule has 2 aromatic rings. The maximum absolute atomic E-state index is 5.94. The zero-order valence-electron chi connectivity index (χ0n) is 12.2. The molecule has 0 amide bonds. The molecule has 0 spiro atoms. The molecule has 0 atom stereocenters. The Morgan fingerprint density at radius 1 is 1.20 bits per heavy atom. The summed E-state index contributed by atoms with van der Waals surface area (Å²) in [7, 11) is -1.13. The maximum Gasteiger partial charge on any atom is 0.229 e. The third-order valence-electron chi connectivity index (χ3n) is 2.81. The van der Waals surface area contributed by atoms with Gasteiger partial charge in [-0.15, -0.1) is 0 Å². The van der Waals surface area contributed by atoms with Crippen molar-refractivity contribution in [2.45, 2.75) is 26.4 Å². The average Bonchev–Trinajstić information content (AvgIpc) is 2.42. The summed E-state index contributed by atoms with van der Waals surface area (Å²) < 4.78 is 5.94. The number of hydrogen-bond donors (Lipinski definition) is 0. The summed E-state index contributed by atoms with van der Waals surface area (Å²) in [5.74, 6) is 0.893. The molecule has 0 fully saturated rings. The van der Waals surface area contributed by atoms with E-state index in [0.717, 1.165) is 29.1 Å². The van der Waals surface area contributed by atoms with Gasteiger partial charge in [0.25, 0.3) is 0 Å². The molecule has 0 saturated carbocycles. The van der Waals surface area contributed by atoms with Crippen LogP contribution in [0.1, 0.15) is 11.3 Å². The second-order valence-electron chi connectivity index (χ2n) is 4.93. The number of benzene rings is 1. The fraction of sp³-hybridized carbons (Fsp3) is 0.250. The van der Waals surface area contributed by atoms with E-state index >= 15 is 0 Å². The number of aryl methyl sites for hydroxylation is 1. The van der Waals surface area contributed by atoms with E-state index in [-0.39, 0.29) is 0 Å². The van der Waals surface area contributed by atoms with Crippen LogP contribution in [0.2, 0.25) is 13.1 Å². The van der Waals surface area contributed by atoms with Gasteiger partial charge in [-0.2, -0.15) is 0 Å². The van der Waals surface area contributed by atoms with E-state index in [1.54, 1.807) is 6.20 Å². The zero-order chi connectivity index (χ0) is 14.4. The highest BCUT2D eigenvalue weighted by molar-refractivity contribution is 6.49. The van der Waals surface area contributed by atoms with Gasteiger partial charge in [-0.05, 0) is 43.8 Å². The van der Waals surface area contributed by atoms with E-state index in [4.69, 9.17) is 4.43 Å². The van der Waals surface area contributed by atoms with Gasteiger partial charge >= 0.3 is 0 Å². The molecule has 0 bridgehead atoms. The Balaban J connectivity index is 2.15. The van der Waals surface area contributed by atoms with Gasteiger partial charge in [-0.25, -0.2) is 0 Å². The number of hydrogen-bond acceptors (Lipinski definition) is 3. The van der Waals surface area contributed by atoms with Crippen molar-refractivity contribution in [1.29, 1.82) is 0 Å². The van der Waals surface area contributed by atoms with Crippen LogP contribution < -0.4 is 4.43 Å². The van der Waals surface area contributed by atoms with Crippen LogP contribution in [-0.2, 0) is 6.42 Å². The monoisotopic (exact) mass is 284 g/mol. The van der Waals surface area contributed by atoms with Crippen LogP contribution in [0.25, 0.3) is 0 Å². The van der Waals surface area contributed by atoms with Gasteiger partial charge in [-0.3, -0.25) is 9.98 Å². The summed E-state index contributed by atoms with van der Waals surface area (Å²) in [4.78, 5) is 8.87. The fourth-order valence-corrected chi connectivity index (χ4v) is 2.59. The Morgan fingerprint density at radius 2 is 2.05 bits per heavy atom. The van der Waals surface area contributed by atoms with E-state index in [0.29, 0.717) is 0 Å². The topological polar surface area (TPSA) is 34.5 Å². The van der Waals surface area contributed by atoms with Gasteiger partial charge in [0, 0.05) is 24.5 Å². The first-order valence-electron chi connectivity index (χ1n) is 6.85. The standard InChI is InChI=1S/C16H20N2OSi/c1-13-7-6-9-15(19-20(2)3)16(13)18-12-10-14-8-4-5-11-17-14/h4-9,11-12,20H,10H2,1-3H3. The van der Waals surface area contributed by atoms with E-state index in [9.17, 15) is 0 Å². The van der Waals surface area contributed by atoms with E-state index < -0.39 is 9.04 Å². The molecule has 4 heteroatoms. The highest BCUT2D eigenvalue weighted by Gasteiger charge is 2.07. The number of rotatable bonds is 5. The Kier molecular flexibility index (Phi) is 5.07. The summed E-state index contributed by atoms with van der Waals surface area (Å²) in [5, 5.41) is 0. The largest absolute Gasteiger partial charge is 0.546 e. The molecule has 0 N–H and O–H groups in total. The molecule has 0 aliphatic rings. The number of aromatic nitrogens is 1. The highest BCUT2D eigenvalue weighted by Crippen LogP contribution is 2.31. The van der Waals surface area contributed by atoms with E-state index in [1.807, 2.05) is 36.5 Å². The van der Waals surface area contributed by atoms with Crippen LogP contribution in [0, 0.1) is 6.92 Å². The Bertz CT molecular complexity index is 582. The molecule has 0 radical (unpaired) electrons. The number of aliphatic imine (C=N–C) groups is 1. The first-order valence-corrected chi connectivity index (χ1v) is 9.63. The summed E-state index contributed by atoms with van der Waals surface area (Å²) in [6.45, 7) is 6.37. The van der Waals surface area contributed by atoms with Crippen LogP contribution in [-0.4, -0.2) is 20.2 Å². The molecule has 104 valence electrons. The molecule has 0 saturated heterocycles. The Hall–Kier alpha value is -1.94. The molecule has 20 heavy (non-hydrogen) atoms. The zero-order valence-corrected chi connectivity index (χ0v) is 13.4. The molecule has 2 rings (SSSR count). The predicted octanol–water partition coefficient (Wildman–Crippen LogP) is 3.70. The third-order valence-corrected chi connectivity index (χ3v) is 3.54. The van der Waals surface area contributed by atoms with Crippen LogP contribution in [0.5, 0.6) is 5.75 Å². The molecule has 0 aliphatic heterocycles. The van der Waals surface area contributed by atoms with Crippen molar-refractivity contribution in [3.8, 4) is 5.75 Å². The van der Waals surface area contributed by atoms with Crippen molar-refractivity contribution >= 4 is 20.9 Å². The van der Waals surface area contributed by atoms with Gasteiger partial charge in [-0.1, -0.05) is 18.2 Å². The van der Waals surface area contributed by atoms with Gasteiger partial charge in [0.1, 0.15) is 11.4 Å². The smallest absolute Gasteiger partial charge is 0.229 e. The second kappa shape index (κ2) is 7.00. The Labute approximate surface area is 122 Å². The maximum atomic E-state index is 5.94. The molecule has 3 nitrogen and oxygen atoms in total. The Morgan fingerprint density at radius 3 is 2.75 bits per heavy atom. The first kappa shape index (κ1) is 14.5. The fourth-order valence-electron chi connectivity index (χ4n) is 1.90. The minimum Gasteiger partial charge on any atom is -0.546 e. The SMILES string of the molecule is Cc1cccc(O[SiH](C)C)c1N=CCc1ccccn1. The lowest BCUT2D eigenvalue weighted by Gasteiger charge is -2.13. The van der Waals surface area contributed by atoms with Gasteiger partial charge in [0.2, 0.25) is 9.04 Å². The van der Waals surface area contributed by atoms with Crippen LogP contribution >= 0.6 is 0 Å². The lowest BCUT2D eigenvalue weighted by molar-refractivity contribution is 0.581. The van der Waals surface area contributed by atoms with Crippen LogP contribution in [0.4, 0.5) is 5.69 Å². The molecule has 0 aliphatic carbocycles. The van der Waals surface area contributed by atoms with E-state index in [2.05, 4.69) is 36.1 Å². The van der Waals surface area contributed by atoms with Crippen molar-refractivity contribution in [1.82, 2.24) is 4.98 Å². The minimum absolute atomic E-state index is 0.730. The highest BCUT2D eigenvalue weighted by atomic mass is 28.3. The summed E-state index contributed by atoms with van der Waals surface area (Å²) in [6, 6.07) is 12.0. The van der Waals surface area contributed by atoms with Gasteiger partial charge in [0.15, 0.2) is 0 Å². The number of nitrogens with zero attached hydrogens (tertiary/aromatic N) is 2. The predicted molar refractivity (Wildman–Crippen MR) is 86.8 cm³/mol. The minimum atomic E-state index is -1.13. The quantitative estimate of drug-likeness (QED) is 0.620. The lowest BCUT2D eigenvalue weighted by Crippen LogP contribution is -2.11. The van der Waals surface area contributed by atoms with E-state index in [1.165, 1.54) is 0 Å². The molecular formula is C16H20N2OSi. The molecule has 0 unspecified atom stereocenters. The van der Waals surface area contributed by atoms with Crippen molar-refractivity contribution in [2.75, 3.05) is 0 Å². The van der Waals surface area contributed by atoms with Gasteiger partial charge in [0.05, 0.1) is 0 Å². The van der Waals surface area contributed by atoms with Gasteiger partial charge < -0.3 is 4.43 Å². The molecular weight excluding hydrogens is 264 g/mol. The van der Waals surface area contributed by atoms with Crippen LogP contribution in [0.15, 0.2) is 47.6 Å². The van der Waals surface area contributed by atoms with Crippen molar-refractivity contribution in [3.05, 3.63) is 53.9 Å². The summed E-state index contributed by atoms with van der Waals surface area (Å²) in [6.07, 6.45) is 4.43. The first-order chi connectivity index (χ1) is 9.66. The van der Waals surface area contributed by atoms with Crippen LogP contribution in [0.3, 0.4) is 0 Å². The molecule has 1 heterocycles. The third kappa shape index (κ3) is 4.03.